The molecule has 2 heterocycles. The monoisotopic (exact) mass is 292 g/mol. The lowest BCUT2D eigenvalue weighted by Crippen LogP contribution is -2.44. The van der Waals surface area contributed by atoms with Crippen molar-refractivity contribution >= 4 is 0 Å². The van der Waals surface area contributed by atoms with Crippen molar-refractivity contribution in [3.05, 3.63) is 23.3 Å². The van der Waals surface area contributed by atoms with E-state index in [1.807, 2.05) is 27.7 Å². The van der Waals surface area contributed by atoms with Gasteiger partial charge in [-0.2, -0.15) is 0 Å². The van der Waals surface area contributed by atoms with E-state index in [2.05, 4.69) is 12.2 Å². The van der Waals surface area contributed by atoms with Gasteiger partial charge in [0, 0.05) is 5.92 Å². The minimum Gasteiger partial charge on any atom is -0.348 e. The third-order valence-electron chi connectivity index (χ3n) is 4.88. The molecule has 0 spiro atoms. The Morgan fingerprint density at radius 2 is 1.76 bits per heavy atom. The van der Waals surface area contributed by atoms with Gasteiger partial charge in [0.15, 0.2) is 11.6 Å². The highest BCUT2D eigenvalue weighted by atomic mass is 16.8. The molecule has 4 atom stereocenters. The molecular weight excluding hydrogens is 268 g/mol. The van der Waals surface area contributed by atoms with Gasteiger partial charge >= 0.3 is 0 Å². The number of ether oxygens (including phenoxy) is 4. The van der Waals surface area contributed by atoms with Crippen molar-refractivity contribution in [2.45, 2.75) is 70.4 Å². The largest absolute Gasteiger partial charge is 0.348 e. The lowest BCUT2D eigenvalue weighted by molar-refractivity contribution is -0.162. The van der Waals surface area contributed by atoms with Gasteiger partial charge in [0.1, 0.15) is 0 Å². The fourth-order valence-electron chi connectivity index (χ4n) is 4.16. The van der Waals surface area contributed by atoms with E-state index in [0.717, 1.165) is 12.8 Å². The predicted molar refractivity (Wildman–Crippen MR) is 77.6 cm³/mol. The molecule has 116 valence electrons. The topological polar surface area (TPSA) is 36.9 Å². The van der Waals surface area contributed by atoms with E-state index in [-0.39, 0.29) is 24.2 Å². The highest BCUT2D eigenvalue weighted by Gasteiger charge is 2.53. The van der Waals surface area contributed by atoms with Crippen LogP contribution < -0.4 is 0 Å². The number of rotatable bonds is 1. The Kier molecular flexibility index (Phi) is 2.93. The summed E-state index contributed by atoms with van der Waals surface area (Å²) < 4.78 is 24.3. The summed E-state index contributed by atoms with van der Waals surface area (Å²) in [6.45, 7) is 8.57. The summed E-state index contributed by atoms with van der Waals surface area (Å²) >= 11 is 0. The zero-order valence-electron chi connectivity index (χ0n) is 13.2. The van der Waals surface area contributed by atoms with Crippen LogP contribution in [0.2, 0.25) is 0 Å². The second kappa shape index (κ2) is 4.42. The first-order valence-corrected chi connectivity index (χ1v) is 7.90. The van der Waals surface area contributed by atoms with Crippen LogP contribution in [0.3, 0.4) is 0 Å². The molecule has 0 saturated carbocycles. The van der Waals surface area contributed by atoms with E-state index in [4.69, 9.17) is 18.9 Å². The van der Waals surface area contributed by atoms with Crippen LogP contribution in [0.15, 0.2) is 23.3 Å². The maximum Gasteiger partial charge on any atom is 0.163 e. The normalized spacial score (nSPS) is 43.2. The Balaban J connectivity index is 1.67. The molecule has 0 aromatic heterocycles. The number of hydrogen-bond donors (Lipinski definition) is 0. The number of hydrogen-bond acceptors (Lipinski definition) is 4. The smallest absolute Gasteiger partial charge is 0.163 e. The Bertz CT molecular complexity index is 517. The molecule has 0 radical (unpaired) electrons. The summed E-state index contributed by atoms with van der Waals surface area (Å²) in [7, 11) is 0. The van der Waals surface area contributed by atoms with Crippen LogP contribution in [0.5, 0.6) is 0 Å². The maximum atomic E-state index is 6.23. The first kappa shape index (κ1) is 13.9. The molecule has 21 heavy (non-hydrogen) atoms. The molecule has 4 nitrogen and oxygen atoms in total. The Morgan fingerprint density at radius 1 is 1.00 bits per heavy atom. The van der Waals surface area contributed by atoms with Crippen LogP contribution in [0.25, 0.3) is 0 Å². The molecular formula is C17H24O4. The van der Waals surface area contributed by atoms with E-state index in [0.29, 0.717) is 6.61 Å². The molecule has 0 unspecified atom stereocenters. The van der Waals surface area contributed by atoms with Crippen molar-refractivity contribution < 1.29 is 18.9 Å². The van der Waals surface area contributed by atoms with Crippen LogP contribution in [-0.4, -0.2) is 36.5 Å². The van der Waals surface area contributed by atoms with Crippen molar-refractivity contribution in [3.8, 4) is 0 Å². The molecule has 4 rings (SSSR count). The summed E-state index contributed by atoms with van der Waals surface area (Å²) in [6.07, 6.45) is 6.74. The van der Waals surface area contributed by atoms with Gasteiger partial charge in [-0.1, -0.05) is 17.7 Å². The van der Waals surface area contributed by atoms with E-state index < -0.39 is 11.6 Å². The van der Waals surface area contributed by atoms with Crippen molar-refractivity contribution in [1.29, 1.82) is 0 Å². The maximum absolute atomic E-state index is 6.23. The zero-order chi connectivity index (χ0) is 14.8. The van der Waals surface area contributed by atoms with Crippen LogP contribution in [0.1, 0.15) is 40.5 Å². The van der Waals surface area contributed by atoms with Gasteiger partial charge < -0.3 is 18.9 Å². The molecule has 0 amide bonds. The molecule has 2 saturated heterocycles. The predicted octanol–water partition coefficient (Wildman–Crippen LogP) is 2.93. The van der Waals surface area contributed by atoms with Crippen LogP contribution >= 0.6 is 0 Å². The minimum absolute atomic E-state index is 0.0399. The lowest BCUT2D eigenvalue weighted by Gasteiger charge is -2.36. The van der Waals surface area contributed by atoms with Gasteiger partial charge in [0.05, 0.1) is 24.9 Å². The minimum atomic E-state index is -0.508. The molecule has 2 aliphatic heterocycles. The third-order valence-corrected chi connectivity index (χ3v) is 4.88. The van der Waals surface area contributed by atoms with Crippen molar-refractivity contribution in [2.75, 3.05) is 6.61 Å². The van der Waals surface area contributed by atoms with Crippen molar-refractivity contribution in [2.24, 2.45) is 5.92 Å². The molecule has 0 bridgehead atoms. The van der Waals surface area contributed by atoms with Crippen LogP contribution in [-0.2, 0) is 18.9 Å². The first-order valence-electron chi connectivity index (χ1n) is 7.90. The van der Waals surface area contributed by atoms with Gasteiger partial charge in [-0.05, 0) is 46.1 Å². The van der Waals surface area contributed by atoms with E-state index in [1.165, 1.54) is 11.1 Å². The van der Waals surface area contributed by atoms with Crippen LogP contribution in [0.4, 0.5) is 0 Å². The standard InChI is InChI=1S/C17H24O4/c1-16(2)18-9-13(20-16)14-11-7-5-6-10(11)8-12-15(14)21-17(3,4)19-12/h5,7,12-15H,6,8-9H2,1-4H3/t12-,13-,14+,15-/m1/s1. The van der Waals surface area contributed by atoms with E-state index in [1.54, 1.807) is 0 Å². The molecule has 0 N–H and O–H groups in total. The highest BCUT2D eigenvalue weighted by molar-refractivity contribution is 5.40. The van der Waals surface area contributed by atoms with Gasteiger partial charge in [0.25, 0.3) is 0 Å². The van der Waals surface area contributed by atoms with E-state index >= 15 is 0 Å². The zero-order valence-corrected chi connectivity index (χ0v) is 13.2. The number of allylic oxidation sites excluding steroid dienone is 2. The second-order valence-electron chi connectivity index (χ2n) is 7.40. The molecule has 0 aromatic rings. The van der Waals surface area contributed by atoms with Crippen molar-refractivity contribution in [1.82, 2.24) is 0 Å². The average Bonchev–Trinajstić information content (AvgIpc) is 3.01. The lowest BCUT2D eigenvalue weighted by atomic mass is 9.77. The first-order chi connectivity index (χ1) is 9.85. The summed E-state index contributed by atoms with van der Waals surface area (Å²) in [6, 6.07) is 0. The number of fused-ring (bicyclic) bond motifs is 1. The fourth-order valence-corrected chi connectivity index (χ4v) is 4.16. The van der Waals surface area contributed by atoms with Gasteiger partial charge in [-0.25, -0.2) is 0 Å². The Labute approximate surface area is 126 Å². The summed E-state index contributed by atoms with van der Waals surface area (Å²) in [5.41, 5.74) is 2.87. The average molecular weight is 292 g/mol. The molecule has 4 heteroatoms. The SMILES string of the molecule is CC1(C)O[C@H]2[C@H]([C@H]3COC(C)(C)O3)C3=C(CC=C3)C[C@H]2O1. The Hall–Kier alpha value is -0.680. The molecule has 0 aromatic carbocycles. The third kappa shape index (κ3) is 2.29. The molecule has 2 aliphatic carbocycles. The van der Waals surface area contributed by atoms with Crippen molar-refractivity contribution in [3.63, 3.8) is 0 Å². The summed E-state index contributed by atoms with van der Waals surface area (Å²) in [5, 5.41) is 0. The van der Waals surface area contributed by atoms with Gasteiger partial charge in [-0.3, -0.25) is 0 Å². The van der Waals surface area contributed by atoms with Gasteiger partial charge in [-0.15, -0.1) is 0 Å². The summed E-state index contributed by atoms with van der Waals surface area (Å²) in [4.78, 5) is 0. The van der Waals surface area contributed by atoms with E-state index in [9.17, 15) is 0 Å². The summed E-state index contributed by atoms with van der Waals surface area (Å²) in [5.74, 6) is -0.803. The quantitative estimate of drug-likeness (QED) is 0.744. The Morgan fingerprint density at radius 3 is 2.48 bits per heavy atom. The second-order valence-corrected chi connectivity index (χ2v) is 7.40. The highest BCUT2D eigenvalue weighted by Crippen LogP contribution is 2.48. The van der Waals surface area contributed by atoms with Gasteiger partial charge in [0.2, 0.25) is 0 Å². The van der Waals surface area contributed by atoms with Crippen LogP contribution in [0, 0.1) is 5.92 Å². The molecule has 4 aliphatic rings. The fraction of sp³-hybridized carbons (Fsp3) is 0.765. The molecule has 2 fully saturated rings.